The van der Waals surface area contributed by atoms with E-state index in [1.54, 1.807) is 7.11 Å². The van der Waals surface area contributed by atoms with E-state index in [2.05, 4.69) is 13.8 Å². The van der Waals surface area contributed by atoms with E-state index >= 15 is 0 Å². The SMILES string of the molecule is CO.COC1CCC(C)O[C@H]1C. The number of aliphatic hydroxyl groups is 1. The van der Waals surface area contributed by atoms with Crippen molar-refractivity contribution >= 4 is 0 Å². The molecule has 3 heteroatoms. The first-order valence-corrected chi connectivity index (χ1v) is 4.37. The molecule has 1 rings (SSSR count). The molecule has 0 saturated carbocycles. The maximum atomic E-state index is 7.00. The fraction of sp³-hybridized carbons (Fsp3) is 1.00. The number of hydrogen-bond donors (Lipinski definition) is 1. The molecule has 0 amide bonds. The van der Waals surface area contributed by atoms with Crippen LogP contribution in [-0.4, -0.2) is 37.6 Å². The van der Waals surface area contributed by atoms with Crippen LogP contribution in [-0.2, 0) is 9.47 Å². The quantitative estimate of drug-likeness (QED) is 0.652. The van der Waals surface area contributed by atoms with Gasteiger partial charge in [0.1, 0.15) is 0 Å². The van der Waals surface area contributed by atoms with Gasteiger partial charge in [-0.2, -0.15) is 0 Å². The van der Waals surface area contributed by atoms with Crippen LogP contribution >= 0.6 is 0 Å². The highest BCUT2D eigenvalue weighted by Gasteiger charge is 2.25. The lowest BCUT2D eigenvalue weighted by molar-refractivity contribution is -0.114. The van der Waals surface area contributed by atoms with E-state index in [4.69, 9.17) is 14.6 Å². The molecule has 3 nitrogen and oxygen atoms in total. The monoisotopic (exact) mass is 176 g/mol. The molecule has 1 saturated heterocycles. The Hall–Kier alpha value is -0.120. The lowest BCUT2D eigenvalue weighted by atomic mass is 10.0. The summed E-state index contributed by atoms with van der Waals surface area (Å²) in [4.78, 5) is 0. The molecule has 0 bridgehead atoms. The van der Waals surface area contributed by atoms with Crippen molar-refractivity contribution in [1.29, 1.82) is 0 Å². The van der Waals surface area contributed by atoms with Gasteiger partial charge in [-0.3, -0.25) is 0 Å². The van der Waals surface area contributed by atoms with Crippen LogP contribution in [0.4, 0.5) is 0 Å². The summed E-state index contributed by atoms with van der Waals surface area (Å²) in [5, 5.41) is 7.00. The van der Waals surface area contributed by atoms with Crippen LogP contribution in [0.15, 0.2) is 0 Å². The molecular weight excluding hydrogens is 156 g/mol. The molecule has 12 heavy (non-hydrogen) atoms. The van der Waals surface area contributed by atoms with Gasteiger partial charge in [0.25, 0.3) is 0 Å². The molecule has 1 fully saturated rings. The number of ether oxygens (including phenoxy) is 2. The lowest BCUT2D eigenvalue weighted by Gasteiger charge is -2.31. The third-order valence-electron chi connectivity index (χ3n) is 2.13. The van der Waals surface area contributed by atoms with Gasteiger partial charge < -0.3 is 14.6 Å². The Morgan fingerprint density at radius 1 is 1.25 bits per heavy atom. The van der Waals surface area contributed by atoms with Crippen molar-refractivity contribution in [3.8, 4) is 0 Å². The van der Waals surface area contributed by atoms with E-state index < -0.39 is 0 Å². The molecular formula is C9H20O3. The smallest absolute Gasteiger partial charge is 0.0831 e. The maximum absolute atomic E-state index is 7.00. The Morgan fingerprint density at radius 3 is 2.25 bits per heavy atom. The van der Waals surface area contributed by atoms with Crippen molar-refractivity contribution in [2.45, 2.75) is 45.0 Å². The van der Waals surface area contributed by atoms with Crippen molar-refractivity contribution in [1.82, 2.24) is 0 Å². The second kappa shape index (κ2) is 6.40. The van der Waals surface area contributed by atoms with Crippen LogP contribution in [0.5, 0.6) is 0 Å². The zero-order chi connectivity index (χ0) is 9.56. The van der Waals surface area contributed by atoms with E-state index in [-0.39, 0.29) is 6.10 Å². The number of hydrogen-bond acceptors (Lipinski definition) is 3. The third-order valence-corrected chi connectivity index (χ3v) is 2.13. The number of methoxy groups -OCH3 is 1. The van der Waals surface area contributed by atoms with E-state index in [9.17, 15) is 0 Å². The first-order valence-electron chi connectivity index (χ1n) is 4.37. The van der Waals surface area contributed by atoms with Gasteiger partial charge in [0.05, 0.1) is 18.3 Å². The fourth-order valence-electron chi connectivity index (χ4n) is 1.47. The van der Waals surface area contributed by atoms with Gasteiger partial charge in [-0.05, 0) is 26.7 Å². The predicted octanol–water partition coefficient (Wildman–Crippen LogP) is 1.20. The minimum atomic E-state index is 0.272. The zero-order valence-corrected chi connectivity index (χ0v) is 8.41. The van der Waals surface area contributed by atoms with Gasteiger partial charge in [-0.1, -0.05) is 0 Å². The van der Waals surface area contributed by atoms with Crippen molar-refractivity contribution < 1.29 is 14.6 Å². The molecule has 1 N–H and O–H groups in total. The number of aliphatic hydroxyl groups excluding tert-OH is 1. The van der Waals surface area contributed by atoms with E-state index in [1.165, 1.54) is 0 Å². The minimum Gasteiger partial charge on any atom is -0.400 e. The highest BCUT2D eigenvalue weighted by molar-refractivity contribution is 4.74. The van der Waals surface area contributed by atoms with E-state index in [0.29, 0.717) is 12.2 Å². The molecule has 2 unspecified atom stereocenters. The summed E-state index contributed by atoms with van der Waals surface area (Å²) in [6, 6.07) is 0. The molecule has 1 aliphatic rings. The second-order valence-electron chi connectivity index (χ2n) is 3.00. The van der Waals surface area contributed by atoms with Crippen LogP contribution < -0.4 is 0 Å². The van der Waals surface area contributed by atoms with Gasteiger partial charge in [-0.15, -0.1) is 0 Å². The van der Waals surface area contributed by atoms with Crippen molar-refractivity contribution in [2.24, 2.45) is 0 Å². The Morgan fingerprint density at radius 2 is 1.83 bits per heavy atom. The van der Waals surface area contributed by atoms with Gasteiger partial charge in [0.15, 0.2) is 0 Å². The first-order chi connectivity index (χ1) is 5.74. The standard InChI is InChI=1S/C8H16O2.CH4O/c1-6-4-5-8(9-3)7(2)10-6;1-2/h6-8H,4-5H2,1-3H3;2H,1H3/t6?,7-,8?;/m0./s1. The minimum absolute atomic E-state index is 0.272. The van der Waals surface area contributed by atoms with E-state index in [0.717, 1.165) is 20.0 Å². The number of rotatable bonds is 1. The summed E-state index contributed by atoms with van der Waals surface area (Å²) in [6.45, 7) is 4.19. The predicted molar refractivity (Wildman–Crippen MR) is 48.2 cm³/mol. The summed E-state index contributed by atoms with van der Waals surface area (Å²) in [5.41, 5.74) is 0. The van der Waals surface area contributed by atoms with Crippen molar-refractivity contribution in [2.75, 3.05) is 14.2 Å². The Kier molecular flexibility index (Phi) is 6.34. The lowest BCUT2D eigenvalue weighted by Crippen LogP contribution is -2.36. The normalized spacial score (nSPS) is 35.2. The van der Waals surface area contributed by atoms with Crippen molar-refractivity contribution in [3.63, 3.8) is 0 Å². The van der Waals surface area contributed by atoms with Crippen LogP contribution in [0.2, 0.25) is 0 Å². The van der Waals surface area contributed by atoms with Gasteiger partial charge in [-0.25, -0.2) is 0 Å². The Labute approximate surface area is 74.7 Å². The Balaban J connectivity index is 0.000000561. The van der Waals surface area contributed by atoms with Crippen LogP contribution in [0.25, 0.3) is 0 Å². The largest absolute Gasteiger partial charge is 0.400 e. The summed E-state index contributed by atoms with van der Waals surface area (Å²) in [5.74, 6) is 0. The molecule has 0 radical (unpaired) electrons. The fourth-order valence-corrected chi connectivity index (χ4v) is 1.47. The summed E-state index contributed by atoms with van der Waals surface area (Å²) in [7, 11) is 2.75. The molecule has 0 aliphatic carbocycles. The third kappa shape index (κ3) is 3.52. The molecule has 0 spiro atoms. The average Bonchev–Trinajstić information content (AvgIpc) is 2.08. The molecule has 1 aliphatic heterocycles. The molecule has 1 heterocycles. The molecule has 74 valence electrons. The molecule has 0 aromatic rings. The molecule has 3 atom stereocenters. The van der Waals surface area contributed by atoms with Gasteiger partial charge in [0.2, 0.25) is 0 Å². The molecule has 0 aromatic carbocycles. The highest BCUT2D eigenvalue weighted by Crippen LogP contribution is 2.20. The summed E-state index contributed by atoms with van der Waals surface area (Å²) < 4.78 is 10.8. The average molecular weight is 176 g/mol. The highest BCUT2D eigenvalue weighted by atomic mass is 16.5. The zero-order valence-electron chi connectivity index (χ0n) is 8.41. The molecule has 0 aromatic heterocycles. The van der Waals surface area contributed by atoms with E-state index in [1.807, 2.05) is 0 Å². The van der Waals surface area contributed by atoms with Crippen molar-refractivity contribution in [3.05, 3.63) is 0 Å². The topological polar surface area (TPSA) is 38.7 Å². The second-order valence-corrected chi connectivity index (χ2v) is 3.00. The van der Waals surface area contributed by atoms with Gasteiger partial charge >= 0.3 is 0 Å². The summed E-state index contributed by atoms with van der Waals surface area (Å²) >= 11 is 0. The summed E-state index contributed by atoms with van der Waals surface area (Å²) in [6.07, 6.45) is 3.27. The Bertz CT molecular complexity index is 106. The first kappa shape index (κ1) is 11.9. The van der Waals surface area contributed by atoms with Gasteiger partial charge in [0, 0.05) is 14.2 Å². The maximum Gasteiger partial charge on any atom is 0.0831 e. The van der Waals surface area contributed by atoms with Crippen LogP contribution in [0.1, 0.15) is 26.7 Å². The van der Waals surface area contributed by atoms with Crippen LogP contribution in [0, 0.1) is 0 Å². The van der Waals surface area contributed by atoms with Crippen LogP contribution in [0.3, 0.4) is 0 Å².